The van der Waals surface area contributed by atoms with Gasteiger partial charge in [-0.2, -0.15) is 0 Å². The highest BCUT2D eigenvalue weighted by Gasteiger charge is 2.25. The molecule has 0 unspecified atom stereocenters. The van der Waals surface area contributed by atoms with Crippen molar-refractivity contribution >= 4 is 17.8 Å². The van der Waals surface area contributed by atoms with E-state index in [1.807, 2.05) is 36.4 Å². The van der Waals surface area contributed by atoms with E-state index in [4.69, 9.17) is 4.74 Å². The van der Waals surface area contributed by atoms with E-state index in [0.717, 1.165) is 31.2 Å². The minimum absolute atomic E-state index is 0.178. The zero-order valence-corrected chi connectivity index (χ0v) is 17.8. The van der Waals surface area contributed by atoms with E-state index in [0.29, 0.717) is 18.7 Å². The molecule has 0 bridgehead atoms. The highest BCUT2D eigenvalue weighted by atomic mass is 16.5. The third kappa shape index (κ3) is 7.24. The maximum atomic E-state index is 12.8. The average Bonchev–Trinajstić information content (AvgIpc) is 2.78. The third-order valence-corrected chi connectivity index (χ3v) is 5.46. The molecule has 1 fully saturated rings. The number of carbonyl (C=O) groups excluding carboxylic acids is 3. The Hall–Kier alpha value is -3.15. The fraction of sp³-hybridized carbons (Fsp3) is 0.400. The molecular weight excluding hydrogens is 392 g/mol. The first-order valence-corrected chi connectivity index (χ1v) is 11.0. The summed E-state index contributed by atoms with van der Waals surface area (Å²) in [7, 11) is 0. The fourth-order valence-electron chi connectivity index (χ4n) is 3.70. The predicted molar refractivity (Wildman–Crippen MR) is 118 cm³/mol. The Bertz CT molecular complexity index is 846. The Kier molecular flexibility index (Phi) is 8.64. The molecule has 1 atom stereocenters. The molecule has 0 aliphatic carbocycles. The van der Waals surface area contributed by atoms with Crippen molar-refractivity contribution in [3.05, 3.63) is 71.8 Å². The van der Waals surface area contributed by atoms with Crippen LogP contribution in [-0.2, 0) is 20.7 Å². The summed E-state index contributed by atoms with van der Waals surface area (Å²) in [4.78, 5) is 39.8. The molecule has 1 aliphatic rings. The molecule has 1 N–H and O–H groups in total. The van der Waals surface area contributed by atoms with E-state index in [1.165, 1.54) is 6.42 Å². The van der Waals surface area contributed by atoms with Gasteiger partial charge in [-0.05, 0) is 30.5 Å². The lowest BCUT2D eigenvalue weighted by Gasteiger charge is -2.25. The van der Waals surface area contributed by atoms with Gasteiger partial charge in [0.15, 0.2) is 6.61 Å². The van der Waals surface area contributed by atoms with Crippen molar-refractivity contribution in [3.63, 3.8) is 0 Å². The minimum Gasteiger partial charge on any atom is -0.454 e. The molecule has 1 aliphatic heterocycles. The van der Waals surface area contributed by atoms with Crippen molar-refractivity contribution in [2.75, 3.05) is 19.7 Å². The highest BCUT2D eigenvalue weighted by molar-refractivity contribution is 5.97. The van der Waals surface area contributed by atoms with Crippen LogP contribution in [0.3, 0.4) is 0 Å². The van der Waals surface area contributed by atoms with E-state index in [1.54, 1.807) is 29.2 Å². The number of amides is 2. The number of ether oxygens (including phenoxy) is 1. The summed E-state index contributed by atoms with van der Waals surface area (Å²) in [6, 6.07) is 17.3. The van der Waals surface area contributed by atoms with Crippen LogP contribution >= 0.6 is 0 Å². The van der Waals surface area contributed by atoms with Gasteiger partial charge in [0.2, 0.25) is 0 Å². The molecule has 6 nitrogen and oxygen atoms in total. The molecule has 2 aromatic rings. The Labute approximate surface area is 183 Å². The van der Waals surface area contributed by atoms with Gasteiger partial charge >= 0.3 is 5.97 Å². The molecule has 3 rings (SSSR count). The predicted octanol–water partition coefficient (Wildman–Crippen LogP) is 3.36. The van der Waals surface area contributed by atoms with Crippen LogP contribution in [-0.4, -0.2) is 48.4 Å². The fourth-order valence-corrected chi connectivity index (χ4v) is 3.70. The van der Waals surface area contributed by atoms with Gasteiger partial charge in [0.25, 0.3) is 11.8 Å². The number of hydrogen-bond acceptors (Lipinski definition) is 4. The van der Waals surface area contributed by atoms with Gasteiger partial charge < -0.3 is 15.0 Å². The smallest absolute Gasteiger partial charge is 0.329 e. The first kappa shape index (κ1) is 22.5. The second-order valence-electron chi connectivity index (χ2n) is 7.84. The molecule has 2 amide bonds. The molecule has 0 spiro atoms. The van der Waals surface area contributed by atoms with Gasteiger partial charge in [-0.3, -0.25) is 9.59 Å². The molecule has 164 valence electrons. The van der Waals surface area contributed by atoms with Crippen molar-refractivity contribution < 1.29 is 19.1 Å². The molecule has 0 saturated carbocycles. The summed E-state index contributed by atoms with van der Waals surface area (Å²) in [6.45, 7) is 1.11. The number of nitrogens with one attached hydrogen (secondary N) is 1. The van der Waals surface area contributed by atoms with Crippen LogP contribution in [0.1, 0.15) is 48.0 Å². The first-order chi connectivity index (χ1) is 15.1. The second kappa shape index (κ2) is 11.9. The van der Waals surface area contributed by atoms with Crippen LogP contribution < -0.4 is 5.32 Å². The molecule has 0 radical (unpaired) electrons. The molecule has 1 heterocycles. The number of nitrogens with zero attached hydrogens (tertiary/aromatic N) is 1. The van der Waals surface area contributed by atoms with Crippen molar-refractivity contribution in [1.29, 1.82) is 0 Å². The van der Waals surface area contributed by atoms with Gasteiger partial charge in [0.1, 0.15) is 6.04 Å². The summed E-state index contributed by atoms with van der Waals surface area (Å²) in [5.41, 5.74) is 1.36. The number of hydrogen-bond donors (Lipinski definition) is 1. The van der Waals surface area contributed by atoms with Crippen molar-refractivity contribution in [2.24, 2.45) is 0 Å². The Balaban J connectivity index is 1.62. The topological polar surface area (TPSA) is 75.7 Å². The zero-order valence-electron chi connectivity index (χ0n) is 17.8. The average molecular weight is 423 g/mol. The first-order valence-electron chi connectivity index (χ1n) is 11.0. The van der Waals surface area contributed by atoms with Crippen LogP contribution in [0.25, 0.3) is 0 Å². The number of carbonyl (C=O) groups is 3. The van der Waals surface area contributed by atoms with E-state index < -0.39 is 12.0 Å². The summed E-state index contributed by atoms with van der Waals surface area (Å²) < 4.78 is 5.36. The highest BCUT2D eigenvalue weighted by Crippen LogP contribution is 2.11. The normalized spacial score (nSPS) is 15.3. The summed E-state index contributed by atoms with van der Waals surface area (Å²) in [5, 5.41) is 2.76. The Morgan fingerprint density at radius 3 is 2.06 bits per heavy atom. The van der Waals surface area contributed by atoms with Crippen LogP contribution in [0, 0.1) is 0 Å². The van der Waals surface area contributed by atoms with Gasteiger partial charge in [-0.25, -0.2) is 4.79 Å². The van der Waals surface area contributed by atoms with Gasteiger partial charge in [-0.1, -0.05) is 67.8 Å². The van der Waals surface area contributed by atoms with Gasteiger partial charge in [-0.15, -0.1) is 0 Å². The number of rotatable bonds is 7. The summed E-state index contributed by atoms with van der Waals surface area (Å²) >= 11 is 0. The zero-order chi connectivity index (χ0) is 21.9. The molecular formula is C25H30N2O4. The SMILES string of the molecule is O=C(N[C@H](Cc1ccccc1)C(=O)OCC(=O)N1CCCCCCC1)c1ccccc1. The molecule has 2 aromatic carbocycles. The largest absolute Gasteiger partial charge is 0.454 e. The second-order valence-corrected chi connectivity index (χ2v) is 7.84. The maximum absolute atomic E-state index is 12.8. The lowest BCUT2D eigenvalue weighted by molar-refractivity contribution is -0.153. The van der Waals surface area contributed by atoms with E-state index in [-0.39, 0.29) is 24.8 Å². The van der Waals surface area contributed by atoms with Crippen LogP contribution in [0.15, 0.2) is 60.7 Å². The van der Waals surface area contributed by atoms with E-state index in [2.05, 4.69) is 5.32 Å². The molecule has 1 saturated heterocycles. The summed E-state index contributed by atoms with van der Waals surface area (Å²) in [6.07, 6.45) is 5.69. The Morgan fingerprint density at radius 1 is 0.839 bits per heavy atom. The standard InChI is InChI=1S/C25H30N2O4/c28-23(27-16-10-2-1-3-11-17-27)19-31-25(30)22(18-20-12-6-4-7-13-20)26-24(29)21-14-8-5-9-15-21/h4-9,12-15,22H,1-3,10-11,16-19H2,(H,26,29)/t22-/m1/s1. The monoisotopic (exact) mass is 422 g/mol. The quantitative estimate of drug-likeness (QED) is 0.694. The van der Waals surface area contributed by atoms with Gasteiger partial charge in [0, 0.05) is 25.1 Å². The number of benzene rings is 2. The maximum Gasteiger partial charge on any atom is 0.329 e. The van der Waals surface area contributed by atoms with E-state index in [9.17, 15) is 14.4 Å². The van der Waals surface area contributed by atoms with Crippen molar-refractivity contribution in [1.82, 2.24) is 10.2 Å². The third-order valence-electron chi connectivity index (χ3n) is 5.46. The van der Waals surface area contributed by atoms with Gasteiger partial charge in [0.05, 0.1) is 0 Å². The van der Waals surface area contributed by atoms with Crippen LogP contribution in [0.5, 0.6) is 0 Å². The van der Waals surface area contributed by atoms with E-state index >= 15 is 0 Å². The minimum atomic E-state index is -0.879. The Morgan fingerprint density at radius 2 is 1.42 bits per heavy atom. The molecule has 0 aromatic heterocycles. The lowest BCUT2D eigenvalue weighted by atomic mass is 10.1. The van der Waals surface area contributed by atoms with Crippen molar-refractivity contribution in [3.8, 4) is 0 Å². The number of esters is 1. The van der Waals surface area contributed by atoms with Crippen molar-refractivity contribution in [2.45, 2.75) is 44.6 Å². The lowest BCUT2D eigenvalue weighted by Crippen LogP contribution is -2.45. The summed E-state index contributed by atoms with van der Waals surface area (Å²) in [5.74, 6) is -1.13. The van der Waals surface area contributed by atoms with Crippen LogP contribution in [0.4, 0.5) is 0 Å². The van der Waals surface area contributed by atoms with Crippen LogP contribution in [0.2, 0.25) is 0 Å². The molecule has 6 heteroatoms. The molecule has 31 heavy (non-hydrogen) atoms. The number of likely N-dealkylation sites (tertiary alicyclic amines) is 1.